The highest BCUT2D eigenvalue weighted by atomic mass is 16.3. The Kier molecular flexibility index (Phi) is 4.17. The molecular weight excluding hydrogens is 176 g/mol. The van der Waals surface area contributed by atoms with Crippen LogP contribution in [0.4, 0.5) is 0 Å². The molecule has 0 aliphatic heterocycles. The first kappa shape index (κ1) is 11.3. The van der Waals surface area contributed by atoms with E-state index in [-0.39, 0.29) is 6.61 Å². The molecule has 1 N–H and O–H groups in total. The quantitative estimate of drug-likeness (QED) is 0.767. The van der Waals surface area contributed by atoms with Crippen LogP contribution in [-0.4, -0.2) is 33.8 Å². The maximum Gasteiger partial charge on any atom is 0.0558 e. The van der Waals surface area contributed by atoms with Gasteiger partial charge in [-0.15, -0.1) is 0 Å². The molecule has 0 aliphatic rings. The number of aliphatic hydroxyl groups excluding tert-OH is 1. The molecule has 1 rings (SSSR count). The molecule has 0 bridgehead atoms. The zero-order valence-corrected chi connectivity index (χ0v) is 9.27. The van der Waals surface area contributed by atoms with Gasteiger partial charge in [-0.2, -0.15) is 0 Å². The van der Waals surface area contributed by atoms with E-state index in [1.807, 2.05) is 17.8 Å². The highest BCUT2D eigenvalue weighted by molar-refractivity contribution is 5.09. The van der Waals surface area contributed by atoms with E-state index in [2.05, 4.69) is 31.0 Å². The molecular formula is C11H20N2O. The van der Waals surface area contributed by atoms with E-state index in [0.717, 1.165) is 13.1 Å². The lowest BCUT2D eigenvalue weighted by molar-refractivity contribution is 0.159. The van der Waals surface area contributed by atoms with E-state index in [0.29, 0.717) is 6.04 Å². The molecule has 3 heteroatoms. The van der Waals surface area contributed by atoms with E-state index in [9.17, 15) is 0 Å². The molecule has 0 aliphatic carbocycles. The topological polar surface area (TPSA) is 28.4 Å². The number of hydrogen-bond donors (Lipinski definition) is 1. The van der Waals surface area contributed by atoms with Crippen LogP contribution in [0.15, 0.2) is 18.5 Å². The predicted molar refractivity (Wildman–Crippen MR) is 58.0 cm³/mol. The SMILES string of the molecule is CC(C)N(CCO)Cc1ccn(C)c1. The lowest BCUT2D eigenvalue weighted by Crippen LogP contribution is -2.32. The Morgan fingerprint density at radius 3 is 2.64 bits per heavy atom. The molecule has 3 nitrogen and oxygen atoms in total. The maximum atomic E-state index is 8.92. The Hall–Kier alpha value is -0.800. The number of nitrogens with zero attached hydrogens (tertiary/aromatic N) is 2. The van der Waals surface area contributed by atoms with Gasteiger partial charge >= 0.3 is 0 Å². The highest BCUT2D eigenvalue weighted by Gasteiger charge is 2.09. The van der Waals surface area contributed by atoms with Gasteiger partial charge < -0.3 is 9.67 Å². The number of aliphatic hydroxyl groups is 1. The summed E-state index contributed by atoms with van der Waals surface area (Å²) in [6.07, 6.45) is 4.17. The average molecular weight is 196 g/mol. The van der Waals surface area contributed by atoms with Crippen molar-refractivity contribution in [2.45, 2.75) is 26.4 Å². The zero-order valence-electron chi connectivity index (χ0n) is 9.27. The summed E-state index contributed by atoms with van der Waals surface area (Å²) in [5.74, 6) is 0. The zero-order chi connectivity index (χ0) is 10.6. The van der Waals surface area contributed by atoms with Crippen molar-refractivity contribution in [3.05, 3.63) is 24.0 Å². The van der Waals surface area contributed by atoms with Crippen LogP contribution in [0.5, 0.6) is 0 Å². The van der Waals surface area contributed by atoms with Crippen molar-refractivity contribution in [2.75, 3.05) is 13.2 Å². The van der Waals surface area contributed by atoms with Crippen LogP contribution < -0.4 is 0 Å². The van der Waals surface area contributed by atoms with Gasteiger partial charge in [0.25, 0.3) is 0 Å². The molecule has 0 spiro atoms. The van der Waals surface area contributed by atoms with E-state index in [1.165, 1.54) is 5.56 Å². The van der Waals surface area contributed by atoms with Crippen molar-refractivity contribution in [3.63, 3.8) is 0 Å². The third-order valence-corrected chi connectivity index (χ3v) is 2.40. The van der Waals surface area contributed by atoms with Gasteiger partial charge in [-0.05, 0) is 25.5 Å². The minimum Gasteiger partial charge on any atom is -0.395 e. The van der Waals surface area contributed by atoms with Gasteiger partial charge in [0, 0.05) is 38.6 Å². The van der Waals surface area contributed by atoms with Crippen molar-refractivity contribution >= 4 is 0 Å². The Labute approximate surface area is 86.0 Å². The Morgan fingerprint density at radius 2 is 2.21 bits per heavy atom. The number of aryl methyl sites for hydroxylation is 1. The molecule has 0 radical (unpaired) electrons. The number of aromatic nitrogens is 1. The largest absolute Gasteiger partial charge is 0.395 e. The molecule has 1 aromatic rings. The van der Waals surface area contributed by atoms with Crippen molar-refractivity contribution < 1.29 is 5.11 Å². The fraction of sp³-hybridized carbons (Fsp3) is 0.636. The van der Waals surface area contributed by atoms with Crippen LogP contribution >= 0.6 is 0 Å². The second-order valence-electron chi connectivity index (χ2n) is 3.97. The third-order valence-electron chi connectivity index (χ3n) is 2.40. The van der Waals surface area contributed by atoms with Gasteiger partial charge in [0.2, 0.25) is 0 Å². The summed E-state index contributed by atoms with van der Waals surface area (Å²) in [5.41, 5.74) is 1.30. The molecule has 0 fully saturated rings. The Bertz CT molecular complexity index is 268. The standard InChI is InChI=1S/C11H20N2O/c1-10(2)13(6-7-14)9-11-4-5-12(3)8-11/h4-5,8,10,14H,6-7,9H2,1-3H3. The molecule has 0 saturated carbocycles. The lowest BCUT2D eigenvalue weighted by Gasteiger charge is -2.24. The molecule has 0 saturated heterocycles. The number of rotatable bonds is 5. The molecule has 1 aromatic heterocycles. The summed E-state index contributed by atoms with van der Waals surface area (Å²) in [4.78, 5) is 2.26. The highest BCUT2D eigenvalue weighted by Crippen LogP contribution is 2.07. The van der Waals surface area contributed by atoms with Crippen LogP contribution in [-0.2, 0) is 13.6 Å². The Balaban J connectivity index is 2.55. The van der Waals surface area contributed by atoms with Crippen LogP contribution in [0.3, 0.4) is 0 Å². The van der Waals surface area contributed by atoms with Crippen molar-refractivity contribution in [1.29, 1.82) is 0 Å². The maximum absolute atomic E-state index is 8.92. The van der Waals surface area contributed by atoms with Crippen molar-refractivity contribution in [2.24, 2.45) is 7.05 Å². The van der Waals surface area contributed by atoms with Crippen LogP contribution in [0, 0.1) is 0 Å². The normalized spacial score (nSPS) is 11.6. The summed E-state index contributed by atoms with van der Waals surface area (Å²) in [5, 5.41) is 8.92. The average Bonchev–Trinajstić information content (AvgIpc) is 2.50. The number of hydrogen-bond acceptors (Lipinski definition) is 2. The first-order valence-corrected chi connectivity index (χ1v) is 5.09. The van der Waals surface area contributed by atoms with Crippen molar-refractivity contribution in [3.8, 4) is 0 Å². The second kappa shape index (κ2) is 5.17. The van der Waals surface area contributed by atoms with E-state index < -0.39 is 0 Å². The first-order valence-electron chi connectivity index (χ1n) is 5.09. The molecule has 80 valence electrons. The second-order valence-corrected chi connectivity index (χ2v) is 3.97. The molecule has 0 unspecified atom stereocenters. The van der Waals surface area contributed by atoms with Gasteiger partial charge in [0.15, 0.2) is 0 Å². The van der Waals surface area contributed by atoms with Gasteiger partial charge in [0.05, 0.1) is 6.61 Å². The minimum atomic E-state index is 0.227. The molecule has 0 amide bonds. The third kappa shape index (κ3) is 3.16. The lowest BCUT2D eigenvalue weighted by atomic mass is 10.2. The molecule has 1 heterocycles. The van der Waals surface area contributed by atoms with E-state index >= 15 is 0 Å². The van der Waals surface area contributed by atoms with Crippen molar-refractivity contribution in [1.82, 2.24) is 9.47 Å². The predicted octanol–water partition coefficient (Wildman–Crippen LogP) is 1.23. The molecule has 0 atom stereocenters. The molecule has 14 heavy (non-hydrogen) atoms. The van der Waals surface area contributed by atoms with Crippen LogP contribution in [0.25, 0.3) is 0 Å². The van der Waals surface area contributed by atoms with Gasteiger partial charge in [-0.25, -0.2) is 0 Å². The smallest absolute Gasteiger partial charge is 0.0558 e. The summed E-state index contributed by atoms with van der Waals surface area (Å²) >= 11 is 0. The molecule has 0 aromatic carbocycles. The van der Waals surface area contributed by atoms with Gasteiger partial charge in [0.1, 0.15) is 0 Å². The van der Waals surface area contributed by atoms with Gasteiger partial charge in [-0.1, -0.05) is 0 Å². The minimum absolute atomic E-state index is 0.227. The fourth-order valence-electron chi connectivity index (χ4n) is 1.54. The van der Waals surface area contributed by atoms with E-state index in [4.69, 9.17) is 5.11 Å². The first-order chi connectivity index (χ1) is 6.63. The van der Waals surface area contributed by atoms with Gasteiger partial charge in [-0.3, -0.25) is 4.90 Å². The summed E-state index contributed by atoms with van der Waals surface area (Å²) in [7, 11) is 2.02. The van der Waals surface area contributed by atoms with E-state index in [1.54, 1.807) is 0 Å². The van der Waals surface area contributed by atoms with Crippen LogP contribution in [0.2, 0.25) is 0 Å². The van der Waals surface area contributed by atoms with Crippen LogP contribution in [0.1, 0.15) is 19.4 Å². The monoisotopic (exact) mass is 196 g/mol. The summed E-state index contributed by atoms with van der Waals surface area (Å²) in [6.45, 7) is 6.19. The summed E-state index contributed by atoms with van der Waals surface area (Å²) in [6, 6.07) is 2.59. The summed E-state index contributed by atoms with van der Waals surface area (Å²) < 4.78 is 2.05. The fourth-order valence-corrected chi connectivity index (χ4v) is 1.54. The Morgan fingerprint density at radius 1 is 1.50 bits per heavy atom.